The van der Waals surface area contributed by atoms with Crippen molar-refractivity contribution in [2.45, 2.75) is 33.2 Å². The molecular formula is C16H20N4. The molecule has 1 aromatic carbocycles. The van der Waals surface area contributed by atoms with Gasteiger partial charge in [-0.2, -0.15) is 5.26 Å². The summed E-state index contributed by atoms with van der Waals surface area (Å²) in [7, 11) is 0. The first-order valence-corrected chi connectivity index (χ1v) is 6.82. The summed E-state index contributed by atoms with van der Waals surface area (Å²) in [5, 5.41) is 9.36. The minimum absolute atomic E-state index is 0.0791. The number of hydrogen-bond acceptors (Lipinski definition) is 3. The van der Waals surface area contributed by atoms with Crippen LogP contribution < -0.4 is 5.73 Å². The lowest BCUT2D eigenvalue weighted by atomic mass is 10.0. The quantitative estimate of drug-likeness (QED) is 0.926. The Kier molecular flexibility index (Phi) is 4.21. The Labute approximate surface area is 119 Å². The molecular weight excluding hydrogens is 248 g/mol. The fourth-order valence-electron chi connectivity index (χ4n) is 2.41. The third-order valence-electron chi connectivity index (χ3n) is 3.39. The lowest BCUT2D eigenvalue weighted by Crippen LogP contribution is -2.17. The Morgan fingerprint density at radius 2 is 2.15 bits per heavy atom. The second-order valence-electron chi connectivity index (χ2n) is 5.51. The summed E-state index contributed by atoms with van der Waals surface area (Å²) in [6.07, 6.45) is 4.40. The summed E-state index contributed by atoms with van der Waals surface area (Å²) >= 11 is 0. The van der Waals surface area contributed by atoms with Crippen molar-refractivity contribution in [3.63, 3.8) is 0 Å². The highest BCUT2D eigenvalue weighted by molar-refractivity contribution is 5.53. The molecule has 0 amide bonds. The summed E-state index contributed by atoms with van der Waals surface area (Å²) in [6.45, 7) is 6.23. The van der Waals surface area contributed by atoms with Crippen molar-refractivity contribution in [1.29, 1.82) is 5.26 Å². The first-order valence-electron chi connectivity index (χ1n) is 6.82. The minimum Gasteiger partial charge on any atom is -0.323 e. The monoisotopic (exact) mass is 268 g/mol. The van der Waals surface area contributed by atoms with Gasteiger partial charge in [0.2, 0.25) is 0 Å². The Hall–Kier alpha value is -2.12. The maximum absolute atomic E-state index is 9.36. The predicted octanol–water partition coefficient (Wildman–Crippen LogP) is 3.10. The van der Waals surface area contributed by atoms with E-state index in [2.05, 4.69) is 24.9 Å². The zero-order chi connectivity index (χ0) is 14.7. The zero-order valence-corrected chi connectivity index (χ0v) is 12.2. The van der Waals surface area contributed by atoms with Crippen LogP contribution in [0.3, 0.4) is 0 Å². The second-order valence-corrected chi connectivity index (χ2v) is 5.51. The minimum atomic E-state index is -0.0791. The Morgan fingerprint density at radius 3 is 2.80 bits per heavy atom. The molecule has 2 N–H and O–H groups in total. The summed E-state index contributed by atoms with van der Waals surface area (Å²) in [5.41, 5.74) is 9.69. The lowest BCUT2D eigenvalue weighted by Gasteiger charge is -2.17. The normalized spacial score (nSPS) is 12.4. The lowest BCUT2D eigenvalue weighted by molar-refractivity contribution is 0.498. The van der Waals surface area contributed by atoms with Gasteiger partial charge in [0.15, 0.2) is 0 Å². The molecule has 0 saturated carbocycles. The molecule has 0 aliphatic rings. The van der Waals surface area contributed by atoms with Gasteiger partial charge in [0.05, 0.1) is 29.5 Å². The molecule has 0 radical (unpaired) electrons. The highest BCUT2D eigenvalue weighted by atomic mass is 15.1. The Bertz CT molecular complexity index is 634. The van der Waals surface area contributed by atoms with Gasteiger partial charge in [-0.3, -0.25) is 0 Å². The fraction of sp³-hybridized carbons (Fsp3) is 0.375. The molecule has 0 aliphatic carbocycles. The number of nitrogens with zero attached hydrogens (tertiary/aromatic N) is 3. The maximum atomic E-state index is 9.36. The molecule has 4 heteroatoms. The van der Waals surface area contributed by atoms with E-state index in [1.807, 2.05) is 29.7 Å². The van der Waals surface area contributed by atoms with Gasteiger partial charge >= 0.3 is 0 Å². The van der Waals surface area contributed by atoms with Gasteiger partial charge in [-0.1, -0.05) is 26.0 Å². The molecule has 2 rings (SSSR count). The van der Waals surface area contributed by atoms with E-state index in [0.29, 0.717) is 11.5 Å². The second kappa shape index (κ2) is 5.89. The molecule has 1 aromatic heterocycles. The van der Waals surface area contributed by atoms with Crippen molar-refractivity contribution in [1.82, 2.24) is 9.55 Å². The number of rotatable bonds is 4. The third kappa shape index (κ3) is 2.73. The van der Waals surface area contributed by atoms with E-state index in [1.165, 1.54) is 0 Å². The number of hydrogen-bond donors (Lipinski definition) is 1. The third-order valence-corrected chi connectivity index (χ3v) is 3.39. The Balaban J connectivity index is 2.48. The van der Waals surface area contributed by atoms with Gasteiger partial charge in [-0.05, 0) is 30.9 Å². The van der Waals surface area contributed by atoms with E-state index in [0.717, 1.165) is 23.4 Å². The molecule has 1 unspecified atom stereocenters. The molecule has 0 fully saturated rings. The molecule has 1 atom stereocenters. The number of aromatic nitrogens is 2. The van der Waals surface area contributed by atoms with Crippen molar-refractivity contribution < 1.29 is 0 Å². The van der Waals surface area contributed by atoms with Crippen LogP contribution in [0.5, 0.6) is 0 Å². The van der Waals surface area contributed by atoms with Crippen molar-refractivity contribution in [3.8, 4) is 11.8 Å². The average Bonchev–Trinajstić information content (AvgIpc) is 2.86. The summed E-state index contributed by atoms with van der Waals surface area (Å²) in [6, 6.07) is 8.00. The predicted molar refractivity (Wildman–Crippen MR) is 79.4 cm³/mol. The van der Waals surface area contributed by atoms with E-state index >= 15 is 0 Å². The highest BCUT2D eigenvalue weighted by Crippen LogP contribution is 2.24. The van der Waals surface area contributed by atoms with E-state index < -0.39 is 0 Å². The largest absolute Gasteiger partial charge is 0.323 e. The van der Waals surface area contributed by atoms with Crippen molar-refractivity contribution >= 4 is 0 Å². The molecule has 1 heterocycles. The standard InChI is InChI=1S/C16H20N4/c1-11(2)7-14(18)16-9-19-10-20(16)15-6-4-5-12(3)13(15)8-17/h4-6,9-11,14H,7,18H2,1-3H3. The molecule has 20 heavy (non-hydrogen) atoms. The topological polar surface area (TPSA) is 67.6 Å². The number of aryl methyl sites for hydroxylation is 1. The van der Waals surface area contributed by atoms with Crippen molar-refractivity contribution in [2.24, 2.45) is 11.7 Å². The number of imidazole rings is 1. The van der Waals surface area contributed by atoms with E-state index in [-0.39, 0.29) is 6.04 Å². The molecule has 2 aromatic rings. The van der Waals surface area contributed by atoms with Gasteiger partial charge in [-0.25, -0.2) is 4.98 Å². The van der Waals surface area contributed by atoms with Crippen LogP contribution in [0.25, 0.3) is 5.69 Å². The van der Waals surface area contributed by atoms with E-state index in [4.69, 9.17) is 5.73 Å². The average molecular weight is 268 g/mol. The van der Waals surface area contributed by atoms with Crippen LogP contribution in [0.2, 0.25) is 0 Å². The van der Waals surface area contributed by atoms with Gasteiger partial charge in [-0.15, -0.1) is 0 Å². The van der Waals surface area contributed by atoms with Crippen LogP contribution in [0.15, 0.2) is 30.7 Å². The number of nitrogens with two attached hydrogens (primary N) is 1. The van der Waals surface area contributed by atoms with Crippen LogP contribution in [-0.4, -0.2) is 9.55 Å². The highest BCUT2D eigenvalue weighted by Gasteiger charge is 2.16. The van der Waals surface area contributed by atoms with E-state index in [9.17, 15) is 5.26 Å². The van der Waals surface area contributed by atoms with Crippen molar-refractivity contribution in [2.75, 3.05) is 0 Å². The number of nitriles is 1. The summed E-state index contributed by atoms with van der Waals surface area (Å²) < 4.78 is 1.93. The summed E-state index contributed by atoms with van der Waals surface area (Å²) in [5.74, 6) is 0.515. The molecule has 4 nitrogen and oxygen atoms in total. The molecule has 0 aliphatic heterocycles. The first-order chi connectivity index (χ1) is 9.54. The SMILES string of the molecule is Cc1cccc(-n2cncc2C(N)CC(C)C)c1C#N. The van der Waals surface area contributed by atoms with Gasteiger partial charge in [0.25, 0.3) is 0 Å². The van der Waals surface area contributed by atoms with Crippen LogP contribution in [-0.2, 0) is 0 Å². The molecule has 0 bridgehead atoms. The van der Waals surface area contributed by atoms with Crippen molar-refractivity contribution in [3.05, 3.63) is 47.5 Å². The number of benzene rings is 1. The van der Waals surface area contributed by atoms with Crippen LogP contribution in [0.4, 0.5) is 0 Å². The Morgan fingerprint density at radius 1 is 1.40 bits per heavy atom. The van der Waals surface area contributed by atoms with Crippen LogP contribution in [0.1, 0.15) is 43.1 Å². The zero-order valence-electron chi connectivity index (χ0n) is 12.2. The van der Waals surface area contributed by atoms with E-state index in [1.54, 1.807) is 12.5 Å². The first kappa shape index (κ1) is 14.3. The fourth-order valence-corrected chi connectivity index (χ4v) is 2.41. The molecule has 104 valence electrons. The maximum Gasteiger partial charge on any atom is 0.102 e. The summed E-state index contributed by atoms with van der Waals surface area (Å²) in [4.78, 5) is 4.21. The smallest absolute Gasteiger partial charge is 0.102 e. The van der Waals surface area contributed by atoms with Crippen LogP contribution in [0, 0.1) is 24.2 Å². The molecule has 0 spiro atoms. The molecule has 0 saturated heterocycles. The van der Waals surface area contributed by atoms with Gasteiger partial charge < -0.3 is 10.3 Å². The van der Waals surface area contributed by atoms with Gasteiger partial charge in [0, 0.05) is 6.04 Å². The van der Waals surface area contributed by atoms with Gasteiger partial charge in [0.1, 0.15) is 6.07 Å². The van der Waals surface area contributed by atoms with Crippen LogP contribution >= 0.6 is 0 Å².